The Morgan fingerprint density at radius 1 is 1.18 bits per heavy atom. The normalized spacial score (nSPS) is 16.2. The zero-order valence-electron chi connectivity index (χ0n) is 12.7. The molecule has 4 heteroatoms. The lowest BCUT2D eigenvalue weighted by Crippen LogP contribution is -2.35. The first-order chi connectivity index (χ1) is 10.8. The Bertz CT molecular complexity index is 672. The van der Waals surface area contributed by atoms with Crippen LogP contribution in [0.4, 0.5) is 0 Å². The summed E-state index contributed by atoms with van der Waals surface area (Å²) < 4.78 is 5.97. The molecule has 1 aliphatic heterocycles. The minimum Gasteiger partial charge on any atom is -0.458 e. The van der Waals surface area contributed by atoms with Crippen molar-refractivity contribution in [3.63, 3.8) is 0 Å². The number of benzene rings is 1. The summed E-state index contributed by atoms with van der Waals surface area (Å²) in [5.74, 6) is 0.420. The van der Waals surface area contributed by atoms with Crippen molar-refractivity contribution in [2.75, 3.05) is 13.1 Å². The molecular weight excluding hydrogens is 274 g/mol. The minimum absolute atomic E-state index is 0.0619. The maximum atomic E-state index is 9.56. The number of rotatable bonds is 4. The highest BCUT2D eigenvalue weighted by Crippen LogP contribution is 2.29. The molecule has 112 valence electrons. The monoisotopic (exact) mass is 293 g/mol. The highest BCUT2D eigenvalue weighted by atomic mass is 16.5. The third-order valence-corrected chi connectivity index (χ3v) is 4.05. The van der Waals surface area contributed by atoms with Gasteiger partial charge in [-0.25, -0.2) is 4.98 Å². The molecule has 3 rings (SSSR count). The molecule has 1 unspecified atom stereocenters. The van der Waals surface area contributed by atoms with E-state index in [1.807, 2.05) is 43.3 Å². The van der Waals surface area contributed by atoms with Crippen LogP contribution in [0.3, 0.4) is 0 Å². The number of hydrogen-bond donors (Lipinski definition) is 0. The summed E-state index contributed by atoms with van der Waals surface area (Å²) in [6.45, 7) is 4.10. The van der Waals surface area contributed by atoms with Gasteiger partial charge in [0.2, 0.25) is 5.88 Å². The molecular formula is C18H19N3O. The average Bonchev–Trinajstić information content (AvgIpc) is 3.10. The van der Waals surface area contributed by atoms with Crippen LogP contribution >= 0.6 is 0 Å². The fraction of sp³-hybridized carbons (Fsp3) is 0.333. The lowest BCUT2D eigenvalue weighted by Gasteiger charge is -2.24. The summed E-state index contributed by atoms with van der Waals surface area (Å²) in [6, 6.07) is 14.0. The van der Waals surface area contributed by atoms with E-state index in [0.29, 0.717) is 11.4 Å². The topological polar surface area (TPSA) is 49.1 Å². The highest BCUT2D eigenvalue weighted by molar-refractivity contribution is 5.72. The van der Waals surface area contributed by atoms with E-state index >= 15 is 0 Å². The van der Waals surface area contributed by atoms with Gasteiger partial charge in [0.15, 0.2) is 6.23 Å². The van der Waals surface area contributed by atoms with Crippen LogP contribution in [-0.2, 0) is 0 Å². The molecule has 1 saturated heterocycles. The second kappa shape index (κ2) is 6.59. The summed E-state index contributed by atoms with van der Waals surface area (Å²) in [6.07, 6.45) is 4.05. The number of ether oxygens (including phenoxy) is 1. The fourth-order valence-electron chi connectivity index (χ4n) is 2.84. The Hall–Kier alpha value is -2.38. The molecule has 4 nitrogen and oxygen atoms in total. The molecule has 22 heavy (non-hydrogen) atoms. The standard InChI is InChI=1S/C18H19N3O/c1-14(21-11-5-6-12-21)22-18-17(13-19)16(9-10-20-18)15-7-3-2-4-8-15/h2-4,7-10,14H,5-6,11-12H2,1H3. The second-order valence-electron chi connectivity index (χ2n) is 5.48. The van der Waals surface area contributed by atoms with E-state index in [1.165, 1.54) is 12.8 Å². The van der Waals surface area contributed by atoms with Crippen LogP contribution in [0.25, 0.3) is 11.1 Å². The van der Waals surface area contributed by atoms with Crippen LogP contribution in [0.5, 0.6) is 5.88 Å². The van der Waals surface area contributed by atoms with Crippen LogP contribution in [0.15, 0.2) is 42.6 Å². The molecule has 0 radical (unpaired) electrons. The number of likely N-dealkylation sites (tertiary alicyclic amines) is 1. The molecule has 0 saturated carbocycles. The summed E-state index contributed by atoms with van der Waals surface area (Å²) >= 11 is 0. The van der Waals surface area contributed by atoms with Crippen LogP contribution in [0.1, 0.15) is 25.3 Å². The molecule has 1 atom stereocenters. The first-order valence-corrected chi connectivity index (χ1v) is 7.65. The average molecular weight is 293 g/mol. The number of hydrogen-bond acceptors (Lipinski definition) is 4. The van der Waals surface area contributed by atoms with Gasteiger partial charge in [-0.3, -0.25) is 4.90 Å². The van der Waals surface area contributed by atoms with Crippen molar-refractivity contribution in [3.05, 3.63) is 48.2 Å². The van der Waals surface area contributed by atoms with Gasteiger partial charge in [-0.05, 0) is 31.4 Å². The van der Waals surface area contributed by atoms with Crippen LogP contribution in [-0.4, -0.2) is 29.2 Å². The Balaban J connectivity index is 1.90. The van der Waals surface area contributed by atoms with Crippen molar-refractivity contribution >= 4 is 0 Å². The van der Waals surface area contributed by atoms with Crippen molar-refractivity contribution in [2.45, 2.75) is 26.0 Å². The van der Waals surface area contributed by atoms with Gasteiger partial charge >= 0.3 is 0 Å². The fourth-order valence-corrected chi connectivity index (χ4v) is 2.84. The second-order valence-corrected chi connectivity index (χ2v) is 5.48. The lowest BCUT2D eigenvalue weighted by atomic mass is 10.0. The molecule has 1 aliphatic rings. The summed E-state index contributed by atoms with van der Waals surface area (Å²) in [4.78, 5) is 6.55. The van der Waals surface area contributed by atoms with Gasteiger partial charge in [0.05, 0.1) is 0 Å². The number of pyridine rings is 1. The molecule has 0 bridgehead atoms. The van der Waals surface area contributed by atoms with E-state index in [1.54, 1.807) is 6.20 Å². The summed E-state index contributed by atoms with van der Waals surface area (Å²) in [5, 5.41) is 9.56. The third-order valence-electron chi connectivity index (χ3n) is 4.05. The van der Waals surface area contributed by atoms with Gasteiger partial charge in [0.25, 0.3) is 0 Å². The van der Waals surface area contributed by atoms with Crippen molar-refractivity contribution < 1.29 is 4.74 Å². The maximum absolute atomic E-state index is 9.56. The molecule has 0 spiro atoms. The quantitative estimate of drug-likeness (QED) is 0.866. The Morgan fingerprint density at radius 3 is 2.59 bits per heavy atom. The smallest absolute Gasteiger partial charge is 0.233 e. The van der Waals surface area contributed by atoms with E-state index in [9.17, 15) is 5.26 Å². The molecule has 1 fully saturated rings. The zero-order valence-corrected chi connectivity index (χ0v) is 12.7. The van der Waals surface area contributed by atoms with Crippen molar-refractivity contribution in [2.24, 2.45) is 0 Å². The molecule has 1 aromatic heterocycles. The van der Waals surface area contributed by atoms with Gasteiger partial charge in [-0.15, -0.1) is 0 Å². The highest BCUT2D eigenvalue weighted by Gasteiger charge is 2.21. The van der Waals surface area contributed by atoms with Crippen molar-refractivity contribution in [3.8, 4) is 23.1 Å². The third kappa shape index (κ3) is 2.95. The van der Waals surface area contributed by atoms with Gasteiger partial charge in [-0.2, -0.15) is 5.26 Å². The number of aromatic nitrogens is 1. The number of nitriles is 1. The largest absolute Gasteiger partial charge is 0.458 e. The predicted molar refractivity (Wildman–Crippen MR) is 85.3 cm³/mol. The Kier molecular flexibility index (Phi) is 4.36. The number of nitrogens with zero attached hydrogens (tertiary/aromatic N) is 3. The van der Waals surface area contributed by atoms with Crippen molar-refractivity contribution in [1.29, 1.82) is 5.26 Å². The molecule has 2 aromatic rings. The summed E-state index contributed by atoms with van der Waals surface area (Å²) in [7, 11) is 0. The molecule has 2 heterocycles. The van der Waals surface area contributed by atoms with Gasteiger partial charge < -0.3 is 4.74 Å². The van der Waals surface area contributed by atoms with Gasteiger partial charge in [-0.1, -0.05) is 30.3 Å². The first kappa shape index (κ1) is 14.6. The molecule has 0 amide bonds. The molecule has 0 N–H and O–H groups in total. The van der Waals surface area contributed by atoms with E-state index in [2.05, 4.69) is 16.0 Å². The van der Waals surface area contributed by atoms with Crippen molar-refractivity contribution in [1.82, 2.24) is 9.88 Å². The van der Waals surface area contributed by atoms with Gasteiger partial charge in [0, 0.05) is 24.8 Å². The Morgan fingerprint density at radius 2 is 1.91 bits per heavy atom. The van der Waals surface area contributed by atoms with Crippen LogP contribution in [0.2, 0.25) is 0 Å². The van der Waals surface area contributed by atoms with Crippen LogP contribution in [0, 0.1) is 11.3 Å². The molecule has 0 aliphatic carbocycles. The lowest BCUT2D eigenvalue weighted by molar-refractivity contribution is 0.0549. The first-order valence-electron chi connectivity index (χ1n) is 7.65. The SMILES string of the molecule is CC(Oc1nccc(-c2ccccc2)c1C#N)N1CCCC1. The Labute approximate surface area is 131 Å². The van der Waals surface area contributed by atoms with E-state index in [4.69, 9.17) is 4.74 Å². The predicted octanol–water partition coefficient (Wildman–Crippen LogP) is 3.44. The van der Waals surface area contributed by atoms with E-state index < -0.39 is 0 Å². The minimum atomic E-state index is -0.0619. The summed E-state index contributed by atoms with van der Waals surface area (Å²) in [5.41, 5.74) is 2.36. The van der Waals surface area contributed by atoms with E-state index in [0.717, 1.165) is 24.2 Å². The maximum Gasteiger partial charge on any atom is 0.233 e. The molecule has 1 aromatic carbocycles. The zero-order chi connectivity index (χ0) is 15.4. The van der Waals surface area contributed by atoms with Gasteiger partial charge in [0.1, 0.15) is 11.6 Å². The van der Waals surface area contributed by atoms with Crippen LogP contribution < -0.4 is 4.74 Å². The van der Waals surface area contributed by atoms with E-state index in [-0.39, 0.29) is 6.23 Å².